The normalized spacial score (nSPS) is 10.7. The molecule has 2 aromatic carbocycles. The summed E-state index contributed by atoms with van der Waals surface area (Å²) in [6.45, 7) is 0. The van der Waals surface area contributed by atoms with E-state index in [-0.39, 0.29) is 11.0 Å². The molecule has 18 nitrogen and oxygen atoms in total. The molecule has 152 valence electrons. The number of aromatic amines is 1. The molecule has 0 bridgehead atoms. The third-order valence-corrected chi connectivity index (χ3v) is 3.90. The zero-order valence-electron chi connectivity index (χ0n) is 13.9. The molecule has 1 heterocycles. The van der Waals surface area contributed by atoms with Crippen LogP contribution in [-0.2, 0) is 0 Å². The van der Waals surface area contributed by atoms with Gasteiger partial charge in [-0.25, -0.2) is 0 Å². The second kappa shape index (κ2) is 6.78. The molecule has 0 aliphatic carbocycles. The second-order valence-electron chi connectivity index (χ2n) is 5.40. The van der Waals surface area contributed by atoms with E-state index in [1.54, 1.807) is 0 Å². The summed E-state index contributed by atoms with van der Waals surface area (Å²) in [6, 6.07) is 3.54. The van der Waals surface area contributed by atoms with Crippen LogP contribution in [0.25, 0.3) is 22.2 Å². The third-order valence-electron chi connectivity index (χ3n) is 3.90. The Bertz CT molecular complexity index is 1240. The molecule has 0 aliphatic rings. The first-order chi connectivity index (χ1) is 14.1. The van der Waals surface area contributed by atoms with E-state index in [1.807, 2.05) is 0 Å². The van der Waals surface area contributed by atoms with E-state index in [1.165, 1.54) is 12.1 Å². The number of nitrogens with zero attached hydrogens (tertiary/aromatic N) is 7. The second-order valence-corrected chi connectivity index (χ2v) is 5.40. The third kappa shape index (κ3) is 2.76. The predicted molar refractivity (Wildman–Crippen MR) is 92.6 cm³/mol. The maximum Gasteiger partial charge on any atom is 0.437 e. The molecule has 0 saturated heterocycles. The Morgan fingerprint density at radius 2 is 1.07 bits per heavy atom. The zero-order chi connectivity index (χ0) is 22.3. The lowest BCUT2D eigenvalue weighted by Crippen LogP contribution is -2.10. The molecule has 0 unspecified atom stereocenters. The van der Waals surface area contributed by atoms with Gasteiger partial charge in [0.1, 0.15) is 11.0 Å². The monoisotopic (exact) mass is 420 g/mol. The van der Waals surface area contributed by atoms with Crippen molar-refractivity contribution in [2.45, 2.75) is 0 Å². The van der Waals surface area contributed by atoms with Crippen molar-refractivity contribution in [1.82, 2.24) is 15.4 Å². The van der Waals surface area contributed by atoms with Crippen LogP contribution in [0.15, 0.2) is 18.2 Å². The highest BCUT2D eigenvalue weighted by Gasteiger charge is 2.54. The molecule has 30 heavy (non-hydrogen) atoms. The van der Waals surface area contributed by atoms with E-state index in [2.05, 4.69) is 15.4 Å². The lowest BCUT2D eigenvalue weighted by molar-refractivity contribution is -0.459. The number of hydrogen-bond donors (Lipinski definition) is 1. The van der Waals surface area contributed by atoms with Gasteiger partial charge in [0, 0.05) is 5.56 Å². The maximum absolute atomic E-state index is 11.7. The van der Waals surface area contributed by atoms with E-state index >= 15 is 0 Å². The summed E-state index contributed by atoms with van der Waals surface area (Å²) in [7, 11) is 0. The standard InChI is InChI=1S/C12H4N8O10/c21-16(22)8-6(4-2-1-3-5-7(4)14-15-13-5)9(17(23)24)11(19(27)28)12(20(29)30)10(8)18(25)26/h1-3H,(H,13,14,15). The molecule has 0 aliphatic heterocycles. The molecule has 0 fully saturated rings. The van der Waals surface area contributed by atoms with Crippen LogP contribution >= 0.6 is 0 Å². The fraction of sp³-hybridized carbons (Fsp3) is 0. The Morgan fingerprint density at radius 3 is 1.50 bits per heavy atom. The van der Waals surface area contributed by atoms with E-state index in [4.69, 9.17) is 0 Å². The first-order valence-electron chi connectivity index (χ1n) is 7.33. The number of nitrogens with one attached hydrogen (secondary N) is 1. The van der Waals surface area contributed by atoms with Gasteiger partial charge in [-0.1, -0.05) is 12.1 Å². The van der Waals surface area contributed by atoms with E-state index in [9.17, 15) is 50.6 Å². The van der Waals surface area contributed by atoms with Crippen molar-refractivity contribution in [3.05, 3.63) is 68.8 Å². The number of para-hydroxylation sites is 1. The molecule has 0 saturated carbocycles. The minimum Gasteiger partial charge on any atom is -0.258 e. The summed E-state index contributed by atoms with van der Waals surface area (Å²) in [4.78, 5) is 49.9. The smallest absolute Gasteiger partial charge is 0.258 e. The van der Waals surface area contributed by atoms with Crippen molar-refractivity contribution in [2.24, 2.45) is 0 Å². The molecule has 18 heteroatoms. The number of aromatic nitrogens is 3. The first kappa shape index (κ1) is 19.6. The summed E-state index contributed by atoms with van der Waals surface area (Å²) in [6.07, 6.45) is 0. The lowest BCUT2D eigenvalue weighted by atomic mass is 9.96. The minimum absolute atomic E-state index is 0.0137. The molecule has 3 rings (SSSR count). The summed E-state index contributed by atoms with van der Waals surface area (Å²) in [5, 5.41) is 67.1. The number of benzene rings is 2. The van der Waals surface area contributed by atoms with Crippen molar-refractivity contribution in [1.29, 1.82) is 0 Å². The summed E-state index contributed by atoms with van der Waals surface area (Å²) < 4.78 is 0. The van der Waals surface area contributed by atoms with E-state index < -0.39 is 64.2 Å². The molecule has 0 atom stereocenters. The Morgan fingerprint density at radius 1 is 0.633 bits per heavy atom. The number of nitro benzene ring substituents is 5. The maximum atomic E-state index is 11.7. The van der Waals surface area contributed by atoms with E-state index in [0.29, 0.717) is 0 Å². The van der Waals surface area contributed by atoms with Gasteiger partial charge < -0.3 is 0 Å². The Kier molecular flexibility index (Phi) is 4.43. The topological polar surface area (TPSA) is 257 Å². The van der Waals surface area contributed by atoms with Crippen LogP contribution in [0.2, 0.25) is 0 Å². The highest BCUT2D eigenvalue weighted by Crippen LogP contribution is 2.55. The molecular formula is C12H4N8O10. The first-order valence-corrected chi connectivity index (χ1v) is 7.33. The molecule has 0 radical (unpaired) electrons. The minimum atomic E-state index is -1.99. The predicted octanol–water partition coefficient (Wildman–Crippen LogP) is 2.17. The van der Waals surface area contributed by atoms with Crippen LogP contribution in [0.5, 0.6) is 0 Å². The quantitative estimate of drug-likeness (QED) is 0.444. The fourth-order valence-corrected chi connectivity index (χ4v) is 2.88. The average molecular weight is 420 g/mol. The molecule has 0 spiro atoms. The molecule has 1 N–H and O–H groups in total. The highest BCUT2D eigenvalue weighted by atomic mass is 16.7. The van der Waals surface area contributed by atoms with Crippen LogP contribution in [0.4, 0.5) is 28.4 Å². The van der Waals surface area contributed by atoms with Crippen LogP contribution < -0.4 is 0 Å². The Hall–Kier alpha value is -5.16. The molecule has 3 aromatic rings. The van der Waals surface area contributed by atoms with Crippen molar-refractivity contribution >= 4 is 39.5 Å². The van der Waals surface area contributed by atoms with Crippen molar-refractivity contribution in [3.63, 3.8) is 0 Å². The Labute approximate surface area is 160 Å². The van der Waals surface area contributed by atoms with Gasteiger partial charge in [-0.15, -0.1) is 0 Å². The number of hydrogen-bond acceptors (Lipinski definition) is 12. The average Bonchev–Trinajstić information content (AvgIpc) is 3.13. The van der Waals surface area contributed by atoms with Crippen LogP contribution in [-0.4, -0.2) is 40.0 Å². The molecule has 0 amide bonds. The fourth-order valence-electron chi connectivity index (χ4n) is 2.88. The van der Waals surface area contributed by atoms with Crippen molar-refractivity contribution in [2.75, 3.05) is 0 Å². The van der Waals surface area contributed by atoms with Crippen molar-refractivity contribution < 1.29 is 24.6 Å². The van der Waals surface area contributed by atoms with Gasteiger partial charge >= 0.3 is 28.4 Å². The van der Waals surface area contributed by atoms with Gasteiger partial charge in [-0.2, -0.15) is 15.4 Å². The van der Waals surface area contributed by atoms with Crippen molar-refractivity contribution in [3.8, 4) is 11.1 Å². The van der Waals surface area contributed by atoms with Crippen LogP contribution in [0.1, 0.15) is 0 Å². The SMILES string of the molecule is O=[N+]([O-])c1c(-c2cccc3n[nH]nc23)c([N+](=O)[O-])c([N+](=O)[O-])c([N+](=O)[O-])c1[N+](=O)[O-]. The number of fused-ring (bicyclic) bond motifs is 1. The van der Waals surface area contributed by atoms with Crippen LogP contribution in [0.3, 0.4) is 0 Å². The van der Waals surface area contributed by atoms with Gasteiger partial charge in [0.05, 0.1) is 24.6 Å². The van der Waals surface area contributed by atoms with Gasteiger partial charge in [-0.3, -0.25) is 50.6 Å². The number of rotatable bonds is 6. The number of nitro groups is 5. The number of H-pyrrole nitrogens is 1. The molecular weight excluding hydrogens is 416 g/mol. The summed E-state index contributed by atoms with van der Waals surface area (Å²) in [5.41, 5.74) is -11.0. The zero-order valence-corrected chi connectivity index (χ0v) is 13.9. The highest BCUT2D eigenvalue weighted by molar-refractivity contribution is 6.04. The lowest BCUT2D eigenvalue weighted by Gasteiger charge is -2.07. The van der Waals surface area contributed by atoms with Gasteiger partial charge in [0.2, 0.25) is 0 Å². The molecule has 1 aromatic heterocycles. The van der Waals surface area contributed by atoms with Gasteiger partial charge in [0.25, 0.3) is 0 Å². The van der Waals surface area contributed by atoms with E-state index in [0.717, 1.165) is 6.07 Å². The summed E-state index contributed by atoms with van der Waals surface area (Å²) >= 11 is 0. The summed E-state index contributed by atoms with van der Waals surface area (Å²) in [5.74, 6) is 0. The van der Waals surface area contributed by atoms with Crippen LogP contribution in [0, 0.1) is 50.6 Å². The van der Waals surface area contributed by atoms with Gasteiger partial charge in [-0.05, 0) is 6.07 Å². The Balaban J connectivity index is 2.76. The largest absolute Gasteiger partial charge is 0.437 e. The van der Waals surface area contributed by atoms with Gasteiger partial charge in [0.15, 0.2) is 5.56 Å².